The Labute approximate surface area is 126 Å². The Morgan fingerprint density at radius 1 is 1.38 bits per heavy atom. The van der Waals surface area contributed by atoms with Gasteiger partial charge >= 0.3 is 0 Å². The molecule has 0 fully saturated rings. The Hall–Kier alpha value is -1.24. The van der Waals surface area contributed by atoms with E-state index in [0.717, 1.165) is 12.1 Å². The third-order valence-electron chi connectivity index (χ3n) is 2.99. The highest BCUT2D eigenvalue weighted by Crippen LogP contribution is 2.21. The number of rotatable bonds is 8. The summed E-state index contributed by atoms with van der Waals surface area (Å²) in [5.41, 5.74) is 1.45. The van der Waals surface area contributed by atoms with Gasteiger partial charge < -0.3 is 5.32 Å². The summed E-state index contributed by atoms with van der Waals surface area (Å²) in [5, 5.41) is 3.09. The molecule has 0 bridgehead atoms. The molecule has 0 unspecified atom stereocenters. The van der Waals surface area contributed by atoms with Gasteiger partial charge in [-0.15, -0.1) is 0 Å². The second-order valence-corrected chi connectivity index (χ2v) is 6.84. The van der Waals surface area contributed by atoms with Crippen LogP contribution in [-0.4, -0.2) is 32.4 Å². The summed E-state index contributed by atoms with van der Waals surface area (Å²) in [6, 6.07) is 4.19. The van der Waals surface area contributed by atoms with Crippen molar-refractivity contribution < 1.29 is 12.8 Å². The van der Waals surface area contributed by atoms with Crippen molar-refractivity contribution in [2.75, 3.05) is 19.6 Å². The van der Waals surface area contributed by atoms with Crippen molar-refractivity contribution in [2.45, 2.75) is 32.2 Å². The molecule has 21 heavy (non-hydrogen) atoms. The Kier molecular flexibility index (Phi) is 6.51. The molecule has 0 aliphatic rings. The van der Waals surface area contributed by atoms with Crippen LogP contribution in [0.4, 0.5) is 4.39 Å². The van der Waals surface area contributed by atoms with E-state index >= 15 is 0 Å². The van der Waals surface area contributed by atoms with Gasteiger partial charge in [0.2, 0.25) is 10.0 Å². The standard InChI is InChI=1S/C15H23FN2O2S/c1-5-17-10-13-7-8-14(16)15(9-13)21(19,20)18(6-2)11-12(3)4/h7-9,17H,3,5-6,10-11H2,1-2,4H3. The largest absolute Gasteiger partial charge is 0.313 e. The number of nitrogens with zero attached hydrogens (tertiary/aromatic N) is 1. The van der Waals surface area contributed by atoms with E-state index in [1.54, 1.807) is 19.9 Å². The molecule has 0 saturated heterocycles. The normalized spacial score (nSPS) is 11.9. The summed E-state index contributed by atoms with van der Waals surface area (Å²) in [6.45, 7) is 10.9. The summed E-state index contributed by atoms with van der Waals surface area (Å²) < 4.78 is 40.3. The number of hydrogen-bond acceptors (Lipinski definition) is 3. The van der Waals surface area contributed by atoms with E-state index < -0.39 is 15.8 Å². The summed E-state index contributed by atoms with van der Waals surface area (Å²) >= 11 is 0. The first-order chi connectivity index (χ1) is 9.82. The Morgan fingerprint density at radius 3 is 2.57 bits per heavy atom. The maximum atomic E-state index is 14.0. The van der Waals surface area contributed by atoms with Gasteiger partial charge in [0.05, 0.1) is 0 Å². The average molecular weight is 314 g/mol. The Balaban J connectivity index is 3.19. The van der Waals surface area contributed by atoms with Gasteiger partial charge in [-0.05, 0) is 31.2 Å². The molecule has 0 saturated carbocycles. The molecule has 0 aliphatic carbocycles. The SMILES string of the molecule is C=C(C)CN(CC)S(=O)(=O)c1cc(CNCC)ccc1F. The van der Waals surface area contributed by atoms with Gasteiger partial charge in [-0.2, -0.15) is 4.31 Å². The van der Waals surface area contributed by atoms with Crippen LogP contribution in [0.15, 0.2) is 35.2 Å². The van der Waals surface area contributed by atoms with Crippen LogP contribution in [0.2, 0.25) is 0 Å². The Bertz CT molecular complexity index is 600. The van der Waals surface area contributed by atoms with Gasteiger partial charge in [-0.25, -0.2) is 12.8 Å². The smallest absolute Gasteiger partial charge is 0.246 e. The highest BCUT2D eigenvalue weighted by atomic mass is 32.2. The van der Waals surface area contributed by atoms with Crippen LogP contribution in [0.3, 0.4) is 0 Å². The second-order valence-electron chi connectivity index (χ2n) is 4.93. The molecule has 1 N–H and O–H groups in total. The molecule has 0 spiro atoms. The van der Waals surface area contributed by atoms with Gasteiger partial charge in [0.25, 0.3) is 0 Å². The van der Waals surface area contributed by atoms with Crippen molar-refractivity contribution in [2.24, 2.45) is 0 Å². The van der Waals surface area contributed by atoms with Gasteiger partial charge in [-0.1, -0.05) is 32.1 Å². The fourth-order valence-corrected chi connectivity index (χ4v) is 3.55. The maximum Gasteiger partial charge on any atom is 0.246 e. The lowest BCUT2D eigenvalue weighted by Gasteiger charge is -2.21. The molecule has 0 amide bonds. The summed E-state index contributed by atoms with van der Waals surface area (Å²) in [7, 11) is -3.85. The predicted octanol–water partition coefficient (Wildman–Crippen LogP) is 2.52. The lowest BCUT2D eigenvalue weighted by atomic mass is 10.2. The van der Waals surface area contributed by atoms with Gasteiger partial charge in [0, 0.05) is 19.6 Å². The van der Waals surface area contributed by atoms with Crippen LogP contribution < -0.4 is 5.32 Å². The maximum absolute atomic E-state index is 14.0. The van der Waals surface area contributed by atoms with Gasteiger partial charge in [0.1, 0.15) is 10.7 Å². The summed E-state index contributed by atoms with van der Waals surface area (Å²) in [4.78, 5) is -0.277. The first-order valence-electron chi connectivity index (χ1n) is 6.96. The molecular weight excluding hydrogens is 291 g/mol. The van der Waals surface area contributed by atoms with E-state index in [0.29, 0.717) is 12.1 Å². The minimum atomic E-state index is -3.85. The van der Waals surface area contributed by atoms with E-state index in [4.69, 9.17) is 0 Å². The quantitative estimate of drug-likeness (QED) is 0.750. The molecule has 0 atom stereocenters. The van der Waals surface area contributed by atoms with E-state index in [1.165, 1.54) is 16.4 Å². The van der Waals surface area contributed by atoms with E-state index in [1.807, 2.05) is 6.92 Å². The molecule has 118 valence electrons. The van der Waals surface area contributed by atoms with E-state index in [9.17, 15) is 12.8 Å². The predicted molar refractivity (Wildman–Crippen MR) is 83.0 cm³/mol. The first-order valence-corrected chi connectivity index (χ1v) is 8.40. The molecular formula is C15H23FN2O2S. The van der Waals surface area contributed by atoms with Crippen LogP contribution >= 0.6 is 0 Å². The van der Waals surface area contributed by atoms with Crippen LogP contribution in [0.1, 0.15) is 26.3 Å². The zero-order valence-electron chi connectivity index (χ0n) is 12.8. The lowest BCUT2D eigenvalue weighted by Crippen LogP contribution is -2.33. The third-order valence-corrected chi connectivity index (χ3v) is 4.93. The minimum absolute atomic E-state index is 0.190. The van der Waals surface area contributed by atoms with Gasteiger partial charge in [-0.3, -0.25) is 0 Å². The molecule has 0 heterocycles. The first kappa shape index (κ1) is 17.8. The average Bonchev–Trinajstić information content (AvgIpc) is 2.43. The summed E-state index contributed by atoms with van der Waals surface area (Å²) in [5.74, 6) is -0.726. The number of sulfonamides is 1. The number of nitrogens with one attached hydrogen (secondary N) is 1. The van der Waals surface area contributed by atoms with Gasteiger partial charge in [0.15, 0.2) is 0 Å². The molecule has 1 aromatic carbocycles. The monoisotopic (exact) mass is 314 g/mol. The van der Waals surface area contributed by atoms with Crippen molar-refractivity contribution in [3.8, 4) is 0 Å². The third kappa shape index (κ3) is 4.62. The minimum Gasteiger partial charge on any atom is -0.313 e. The van der Waals surface area contributed by atoms with Crippen molar-refractivity contribution >= 4 is 10.0 Å². The number of benzene rings is 1. The number of halogens is 1. The van der Waals surface area contributed by atoms with E-state index in [-0.39, 0.29) is 18.0 Å². The topological polar surface area (TPSA) is 49.4 Å². The molecule has 6 heteroatoms. The second kappa shape index (κ2) is 7.68. The molecule has 0 aliphatic heterocycles. The fraction of sp³-hybridized carbons (Fsp3) is 0.467. The number of likely N-dealkylation sites (N-methyl/N-ethyl adjacent to an activating group) is 1. The molecule has 0 radical (unpaired) electrons. The molecule has 0 aromatic heterocycles. The van der Waals surface area contributed by atoms with Crippen molar-refractivity contribution in [3.63, 3.8) is 0 Å². The molecule has 1 rings (SSSR count). The van der Waals surface area contributed by atoms with Crippen molar-refractivity contribution in [3.05, 3.63) is 41.7 Å². The molecule has 1 aromatic rings. The van der Waals surface area contributed by atoms with Crippen LogP contribution in [0.5, 0.6) is 0 Å². The lowest BCUT2D eigenvalue weighted by molar-refractivity contribution is 0.447. The fourth-order valence-electron chi connectivity index (χ4n) is 1.93. The summed E-state index contributed by atoms with van der Waals surface area (Å²) in [6.07, 6.45) is 0. The van der Waals surface area contributed by atoms with Crippen LogP contribution in [0.25, 0.3) is 0 Å². The zero-order chi connectivity index (χ0) is 16.0. The molecule has 4 nitrogen and oxygen atoms in total. The van der Waals surface area contributed by atoms with Crippen LogP contribution in [0, 0.1) is 5.82 Å². The highest BCUT2D eigenvalue weighted by molar-refractivity contribution is 7.89. The van der Waals surface area contributed by atoms with Crippen molar-refractivity contribution in [1.29, 1.82) is 0 Å². The van der Waals surface area contributed by atoms with Crippen LogP contribution in [-0.2, 0) is 16.6 Å². The Morgan fingerprint density at radius 2 is 2.05 bits per heavy atom. The number of hydrogen-bond donors (Lipinski definition) is 1. The van der Waals surface area contributed by atoms with Crippen molar-refractivity contribution in [1.82, 2.24) is 9.62 Å². The highest BCUT2D eigenvalue weighted by Gasteiger charge is 2.26. The zero-order valence-corrected chi connectivity index (χ0v) is 13.6. The van der Waals surface area contributed by atoms with E-state index in [2.05, 4.69) is 11.9 Å².